The van der Waals surface area contributed by atoms with Crippen LogP contribution in [0, 0.1) is 6.92 Å². The third kappa shape index (κ3) is 2.66. The molecule has 0 bridgehead atoms. The van der Waals surface area contributed by atoms with Gasteiger partial charge < -0.3 is 9.88 Å². The number of nitrogens with one attached hydrogen (secondary N) is 1. The number of halogens is 2. The summed E-state index contributed by atoms with van der Waals surface area (Å²) in [5.74, 6) is -0.424. The Balaban J connectivity index is 1.86. The topological polar surface area (TPSA) is 51.1 Å². The number of carbonyl (C=O) groups excluding carboxylic acids is 1. The fraction of sp³-hybridized carbons (Fsp3) is 0.200. The molecule has 0 aliphatic carbocycles. The van der Waals surface area contributed by atoms with Gasteiger partial charge in [-0.05, 0) is 55.7 Å². The average molecular weight is 432 g/mol. The van der Waals surface area contributed by atoms with Gasteiger partial charge in [0.2, 0.25) is 5.43 Å². The minimum atomic E-state index is -0.424. The molecule has 1 amide bonds. The number of rotatable bonds is 2. The normalized spacial score (nSPS) is 15.5. The maximum atomic E-state index is 13.0. The summed E-state index contributed by atoms with van der Waals surface area (Å²) in [6.45, 7) is 3.91. The van der Waals surface area contributed by atoms with Gasteiger partial charge in [-0.15, -0.1) is 0 Å². The van der Waals surface area contributed by atoms with Crippen LogP contribution in [-0.4, -0.2) is 10.5 Å². The molecule has 1 aliphatic rings. The molecular formula is C20H16BrClN2O2. The summed E-state index contributed by atoms with van der Waals surface area (Å²) in [5.41, 5.74) is 3.29. The van der Waals surface area contributed by atoms with Crippen molar-refractivity contribution < 1.29 is 4.79 Å². The van der Waals surface area contributed by atoms with Crippen molar-refractivity contribution in [2.24, 2.45) is 0 Å². The molecule has 6 heteroatoms. The molecule has 3 aromatic rings. The number of anilines is 1. The highest BCUT2D eigenvalue weighted by Gasteiger charge is 2.25. The molecule has 0 radical (unpaired) electrons. The number of pyridine rings is 1. The van der Waals surface area contributed by atoms with Gasteiger partial charge in [0.25, 0.3) is 5.91 Å². The largest absolute Gasteiger partial charge is 0.343 e. The second kappa shape index (κ2) is 6.25. The molecule has 132 valence electrons. The Kier molecular flexibility index (Phi) is 4.16. The van der Waals surface area contributed by atoms with E-state index in [1.54, 1.807) is 30.5 Å². The minimum absolute atomic E-state index is 0.134. The molecular weight excluding hydrogens is 416 g/mol. The van der Waals surface area contributed by atoms with Crippen LogP contribution < -0.4 is 10.7 Å². The zero-order chi connectivity index (χ0) is 18.6. The lowest BCUT2D eigenvalue weighted by Gasteiger charge is -2.14. The van der Waals surface area contributed by atoms with Crippen molar-refractivity contribution in [2.75, 3.05) is 5.32 Å². The van der Waals surface area contributed by atoms with Crippen LogP contribution in [0.1, 0.15) is 34.5 Å². The molecule has 1 aromatic heterocycles. The lowest BCUT2D eigenvalue weighted by atomic mass is 10.1. The smallest absolute Gasteiger partial charge is 0.261 e. The van der Waals surface area contributed by atoms with Gasteiger partial charge in [-0.1, -0.05) is 33.6 Å². The van der Waals surface area contributed by atoms with Gasteiger partial charge in [0, 0.05) is 32.8 Å². The summed E-state index contributed by atoms with van der Waals surface area (Å²) < 4.78 is 2.87. The second-order valence-corrected chi connectivity index (χ2v) is 7.98. The highest BCUT2D eigenvalue weighted by atomic mass is 79.9. The van der Waals surface area contributed by atoms with E-state index in [1.807, 2.05) is 17.6 Å². The summed E-state index contributed by atoms with van der Waals surface area (Å²) in [4.78, 5) is 25.8. The standard InChI is InChI=1S/C20H16BrClN2O2/c1-10-6-12-7-13(21)8-14-18(12)24(10)9-15(19(14)25)20(26)23-17-5-3-4-16(22)11(17)2/h3-5,7-10H,6H2,1-2H3,(H,23,26)/t10-/m0/s1. The highest BCUT2D eigenvalue weighted by molar-refractivity contribution is 9.10. The Hall–Kier alpha value is -2.11. The van der Waals surface area contributed by atoms with E-state index in [0.29, 0.717) is 16.1 Å². The van der Waals surface area contributed by atoms with Gasteiger partial charge in [0.05, 0.1) is 5.52 Å². The van der Waals surface area contributed by atoms with Crippen molar-refractivity contribution in [1.82, 2.24) is 4.57 Å². The Morgan fingerprint density at radius 3 is 2.88 bits per heavy atom. The first kappa shape index (κ1) is 17.3. The lowest BCUT2D eigenvalue weighted by Crippen LogP contribution is -2.24. The summed E-state index contributed by atoms with van der Waals surface area (Å²) in [7, 11) is 0. The maximum absolute atomic E-state index is 13.0. The second-order valence-electron chi connectivity index (χ2n) is 6.66. The van der Waals surface area contributed by atoms with Crippen molar-refractivity contribution in [3.8, 4) is 0 Å². The predicted octanol–water partition coefficient (Wildman–Crippen LogP) is 5.10. The molecule has 0 fully saturated rings. The fourth-order valence-electron chi connectivity index (χ4n) is 3.56. The van der Waals surface area contributed by atoms with Crippen LogP contribution in [0.2, 0.25) is 5.02 Å². The zero-order valence-electron chi connectivity index (χ0n) is 14.3. The summed E-state index contributed by atoms with van der Waals surface area (Å²) in [6, 6.07) is 9.33. The molecule has 0 saturated carbocycles. The van der Waals surface area contributed by atoms with Gasteiger partial charge in [0.15, 0.2) is 0 Å². The van der Waals surface area contributed by atoms with Crippen molar-refractivity contribution >= 4 is 50.0 Å². The number of nitrogens with zero attached hydrogens (tertiary/aromatic N) is 1. The first-order chi connectivity index (χ1) is 12.4. The lowest BCUT2D eigenvalue weighted by molar-refractivity contribution is 0.102. The first-order valence-electron chi connectivity index (χ1n) is 8.30. The van der Waals surface area contributed by atoms with Gasteiger partial charge in [-0.3, -0.25) is 9.59 Å². The summed E-state index contributed by atoms with van der Waals surface area (Å²) in [6.07, 6.45) is 2.52. The number of carbonyl (C=O) groups is 1. The average Bonchev–Trinajstić information content (AvgIpc) is 2.90. The number of hydrogen-bond donors (Lipinski definition) is 1. The Morgan fingerprint density at radius 1 is 1.35 bits per heavy atom. The van der Waals surface area contributed by atoms with Crippen molar-refractivity contribution in [3.63, 3.8) is 0 Å². The molecule has 1 aliphatic heterocycles. The zero-order valence-corrected chi connectivity index (χ0v) is 16.6. The van der Waals surface area contributed by atoms with Crippen LogP contribution in [0.15, 0.2) is 45.8 Å². The van der Waals surface area contributed by atoms with Gasteiger partial charge in [-0.2, -0.15) is 0 Å². The first-order valence-corrected chi connectivity index (χ1v) is 9.47. The third-order valence-corrected chi connectivity index (χ3v) is 5.79. The summed E-state index contributed by atoms with van der Waals surface area (Å²) in [5, 5.41) is 3.95. The van der Waals surface area contributed by atoms with Crippen LogP contribution in [0.3, 0.4) is 0 Å². The van der Waals surface area contributed by atoms with E-state index in [2.05, 4.69) is 28.2 Å². The molecule has 0 spiro atoms. The molecule has 4 nitrogen and oxygen atoms in total. The Labute approximate surface area is 163 Å². The van der Waals surface area contributed by atoms with Crippen LogP contribution in [-0.2, 0) is 6.42 Å². The van der Waals surface area contributed by atoms with Crippen molar-refractivity contribution in [1.29, 1.82) is 0 Å². The highest BCUT2D eigenvalue weighted by Crippen LogP contribution is 2.33. The molecule has 1 N–H and O–H groups in total. The summed E-state index contributed by atoms with van der Waals surface area (Å²) >= 11 is 9.59. The molecule has 4 rings (SSSR count). The molecule has 2 heterocycles. The molecule has 2 aromatic carbocycles. The number of aromatic nitrogens is 1. The molecule has 0 unspecified atom stereocenters. The quantitative estimate of drug-likeness (QED) is 0.614. The third-order valence-electron chi connectivity index (χ3n) is 4.92. The van der Waals surface area contributed by atoms with Crippen LogP contribution in [0.4, 0.5) is 5.69 Å². The molecule has 1 atom stereocenters. The van der Waals surface area contributed by atoms with E-state index in [0.717, 1.165) is 27.5 Å². The van der Waals surface area contributed by atoms with Crippen molar-refractivity contribution in [2.45, 2.75) is 26.3 Å². The van der Waals surface area contributed by atoms with Gasteiger partial charge in [0.1, 0.15) is 5.56 Å². The number of amides is 1. The Morgan fingerprint density at radius 2 is 2.12 bits per heavy atom. The van der Waals surface area contributed by atoms with Crippen LogP contribution >= 0.6 is 27.5 Å². The molecule has 0 saturated heterocycles. The van der Waals surface area contributed by atoms with E-state index in [4.69, 9.17) is 11.6 Å². The maximum Gasteiger partial charge on any atom is 0.261 e. The van der Waals surface area contributed by atoms with E-state index < -0.39 is 5.91 Å². The van der Waals surface area contributed by atoms with Crippen molar-refractivity contribution in [3.05, 3.63) is 72.9 Å². The minimum Gasteiger partial charge on any atom is -0.343 e. The van der Waals surface area contributed by atoms with E-state index in [-0.39, 0.29) is 17.0 Å². The fourth-order valence-corrected chi connectivity index (χ4v) is 4.23. The molecule has 26 heavy (non-hydrogen) atoms. The monoisotopic (exact) mass is 430 g/mol. The number of hydrogen-bond acceptors (Lipinski definition) is 2. The van der Waals surface area contributed by atoms with Crippen LogP contribution in [0.25, 0.3) is 10.9 Å². The number of benzene rings is 2. The van der Waals surface area contributed by atoms with E-state index >= 15 is 0 Å². The van der Waals surface area contributed by atoms with Gasteiger partial charge in [-0.25, -0.2) is 0 Å². The van der Waals surface area contributed by atoms with E-state index in [1.165, 1.54) is 0 Å². The van der Waals surface area contributed by atoms with Gasteiger partial charge >= 0.3 is 0 Å². The SMILES string of the molecule is Cc1c(Cl)cccc1NC(=O)c1cn2c3c(cc(Br)cc3c1=O)C[C@@H]2C. The van der Waals surface area contributed by atoms with E-state index in [9.17, 15) is 9.59 Å². The Bertz CT molecular complexity index is 1140. The van der Waals surface area contributed by atoms with Crippen LogP contribution in [0.5, 0.6) is 0 Å². The predicted molar refractivity (Wildman–Crippen MR) is 108 cm³/mol.